The van der Waals surface area contributed by atoms with Crippen molar-refractivity contribution >= 4 is 17.8 Å². The molecule has 0 atom stereocenters. The van der Waals surface area contributed by atoms with Crippen molar-refractivity contribution in [3.63, 3.8) is 0 Å². The Balaban J connectivity index is 1.40. The van der Waals surface area contributed by atoms with Crippen LogP contribution in [-0.4, -0.2) is 27.3 Å². The fourth-order valence-corrected chi connectivity index (χ4v) is 4.18. The second-order valence-electron chi connectivity index (χ2n) is 7.07. The Kier molecular flexibility index (Phi) is 5.71. The van der Waals surface area contributed by atoms with Gasteiger partial charge in [0.1, 0.15) is 0 Å². The molecule has 6 heteroatoms. The maximum atomic E-state index is 5.55. The van der Waals surface area contributed by atoms with E-state index in [1.807, 2.05) is 48.5 Å². The highest BCUT2D eigenvalue weighted by atomic mass is 32.2. The fraction of sp³-hybridized carbons (Fsp3) is 0.120. The van der Waals surface area contributed by atoms with Crippen LogP contribution in [0.25, 0.3) is 17.5 Å². The SMILES string of the molecule is C(=C\c1ccccc1)/CSc1nnc(-c2ccccc2)n1Cc1ccc2c(c1)OCO2. The highest BCUT2D eigenvalue weighted by molar-refractivity contribution is 7.99. The average Bonchev–Trinajstić information content (AvgIpc) is 3.45. The fourth-order valence-electron chi connectivity index (χ4n) is 3.43. The van der Waals surface area contributed by atoms with Gasteiger partial charge in [0.2, 0.25) is 6.79 Å². The number of rotatable bonds is 7. The first-order valence-corrected chi connectivity index (χ1v) is 11.1. The first-order chi connectivity index (χ1) is 15.4. The molecule has 3 aromatic carbocycles. The summed E-state index contributed by atoms with van der Waals surface area (Å²) in [6.07, 6.45) is 4.28. The summed E-state index contributed by atoms with van der Waals surface area (Å²) >= 11 is 1.67. The molecular formula is C25H21N3O2S. The quantitative estimate of drug-likeness (QED) is 0.363. The van der Waals surface area contributed by atoms with Gasteiger partial charge in [-0.1, -0.05) is 90.6 Å². The Morgan fingerprint density at radius 1 is 0.871 bits per heavy atom. The number of thioether (sulfide) groups is 1. The van der Waals surface area contributed by atoms with Gasteiger partial charge in [-0.25, -0.2) is 0 Å². The highest BCUT2D eigenvalue weighted by Gasteiger charge is 2.17. The Labute approximate surface area is 185 Å². The van der Waals surface area contributed by atoms with Crippen molar-refractivity contribution in [1.82, 2.24) is 14.8 Å². The first kappa shape index (κ1) is 19.5. The molecular weight excluding hydrogens is 406 g/mol. The van der Waals surface area contributed by atoms with Crippen molar-refractivity contribution in [2.75, 3.05) is 12.5 Å². The summed E-state index contributed by atoms with van der Waals surface area (Å²) in [4.78, 5) is 0. The van der Waals surface area contributed by atoms with Crippen molar-refractivity contribution in [1.29, 1.82) is 0 Å². The van der Waals surface area contributed by atoms with Gasteiger partial charge < -0.3 is 9.47 Å². The van der Waals surface area contributed by atoms with Crippen LogP contribution in [0, 0.1) is 0 Å². The van der Waals surface area contributed by atoms with E-state index in [9.17, 15) is 0 Å². The van der Waals surface area contributed by atoms with Crippen LogP contribution >= 0.6 is 11.8 Å². The largest absolute Gasteiger partial charge is 0.454 e. The first-order valence-electron chi connectivity index (χ1n) is 10.1. The lowest BCUT2D eigenvalue weighted by molar-refractivity contribution is 0.174. The van der Waals surface area contributed by atoms with Gasteiger partial charge in [0.25, 0.3) is 0 Å². The molecule has 154 valence electrons. The number of fused-ring (bicyclic) bond motifs is 1. The molecule has 1 aliphatic heterocycles. The minimum Gasteiger partial charge on any atom is -0.454 e. The van der Waals surface area contributed by atoms with Crippen LogP contribution in [0.4, 0.5) is 0 Å². The van der Waals surface area contributed by atoms with Gasteiger partial charge in [-0.2, -0.15) is 0 Å². The summed E-state index contributed by atoms with van der Waals surface area (Å²) in [5, 5.41) is 9.88. The van der Waals surface area contributed by atoms with Gasteiger partial charge in [0.05, 0.1) is 6.54 Å². The minimum atomic E-state index is 0.273. The zero-order chi connectivity index (χ0) is 20.9. The van der Waals surface area contributed by atoms with Crippen molar-refractivity contribution < 1.29 is 9.47 Å². The maximum Gasteiger partial charge on any atom is 0.231 e. The Morgan fingerprint density at radius 2 is 1.65 bits per heavy atom. The monoisotopic (exact) mass is 427 g/mol. The topological polar surface area (TPSA) is 49.2 Å². The van der Waals surface area contributed by atoms with E-state index in [0.717, 1.165) is 39.4 Å². The molecule has 0 fully saturated rings. The van der Waals surface area contributed by atoms with Crippen LogP contribution in [0.5, 0.6) is 11.5 Å². The number of nitrogens with zero attached hydrogens (tertiary/aromatic N) is 3. The standard InChI is InChI=1S/C25H21N3O2S/c1-3-8-19(9-4-1)10-7-15-31-25-27-26-24(21-11-5-2-6-12-21)28(25)17-20-13-14-22-23(16-20)30-18-29-22/h1-14,16H,15,17-18H2/b10-7+. The third-order valence-corrected chi connectivity index (χ3v) is 5.86. The van der Waals surface area contributed by atoms with Crippen LogP contribution in [0.3, 0.4) is 0 Å². The molecule has 4 aromatic rings. The Morgan fingerprint density at radius 3 is 2.48 bits per heavy atom. The van der Waals surface area contributed by atoms with Crippen molar-refractivity contribution in [2.24, 2.45) is 0 Å². The second kappa shape index (κ2) is 9.10. The molecule has 0 saturated heterocycles. The number of ether oxygens (including phenoxy) is 2. The van der Waals surface area contributed by atoms with Gasteiger partial charge in [-0.15, -0.1) is 10.2 Å². The van der Waals surface area contributed by atoms with E-state index in [0.29, 0.717) is 6.54 Å². The van der Waals surface area contributed by atoms with E-state index in [2.05, 4.69) is 57.2 Å². The lowest BCUT2D eigenvalue weighted by Crippen LogP contribution is -2.04. The van der Waals surface area contributed by atoms with Crippen LogP contribution in [-0.2, 0) is 6.54 Å². The van der Waals surface area contributed by atoms with Gasteiger partial charge in [0.15, 0.2) is 22.5 Å². The molecule has 0 saturated carbocycles. The van der Waals surface area contributed by atoms with Crippen molar-refractivity contribution in [3.8, 4) is 22.9 Å². The highest BCUT2D eigenvalue weighted by Crippen LogP contribution is 2.33. The second-order valence-corrected chi connectivity index (χ2v) is 8.06. The number of hydrogen-bond donors (Lipinski definition) is 0. The maximum absolute atomic E-state index is 5.55. The summed E-state index contributed by atoms with van der Waals surface area (Å²) in [6, 6.07) is 26.5. The number of benzene rings is 3. The van der Waals surface area contributed by atoms with E-state index in [-0.39, 0.29) is 6.79 Å². The molecule has 0 aliphatic carbocycles. The lowest BCUT2D eigenvalue weighted by atomic mass is 10.2. The summed E-state index contributed by atoms with van der Waals surface area (Å²) in [7, 11) is 0. The molecule has 1 aromatic heterocycles. The minimum absolute atomic E-state index is 0.273. The molecule has 0 unspecified atom stereocenters. The van der Waals surface area contributed by atoms with Crippen LogP contribution in [0.15, 0.2) is 90.1 Å². The Bertz CT molecular complexity index is 1190. The predicted octanol–water partition coefficient (Wildman–Crippen LogP) is 5.53. The van der Waals surface area contributed by atoms with E-state index < -0.39 is 0 Å². The van der Waals surface area contributed by atoms with Gasteiger partial charge in [-0.3, -0.25) is 4.57 Å². The molecule has 31 heavy (non-hydrogen) atoms. The molecule has 0 bridgehead atoms. The lowest BCUT2D eigenvalue weighted by Gasteiger charge is -2.11. The Hall–Kier alpha value is -3.51. The van der Waals surface area contributed by atoms with E-state index in [4.69, 9.17) is 9.47 Å². The number of hydrogen-bond acceptors (Lipinski definition) is 5. The normalized spacial score (nSPS) is 12.5. The van der Waals surface area contributed by atoms with Gasteiger partial charge in [0, 0.05) is 11.3 Å². The molecule has 0 amide bonds. The van der Waals surface area contributed by atoms with Gasteiger partial charge >= 0.3 is 0 Å². The molecule has 0 spiro atoms. The zero-order valence-corrected chi connectivity index (χ0v) is 17.7. The molecule has 2 heterocycles. The molecule has 5 nitrogen and oxygen atoms in total. The molecule has 0 N–H and O–H groups in total. The summed E-state index contributed by atoms with van der Waals surface area (Å²) in [5.41, 5.74) is 3.35. The van der Waals surface area contributed by atoms with Crippen LogP contribution < -0.4 is 9.47 Å². The van der Waals surface area contributed by atoms with Crippen LogP contribution in [0.1, 0.15) is 11.1 Å². The third kappa shape index (κ3) is 4.49. The average molecular weight is 428 g/mol. The van der Waals surface area contributed by atoms with Crippen LogP contribution in [0.2, 0.25) is 0 Å². The number of aromatic nitrogens is 3. The summed E-state index contributed by atoms with van der Waals surface area (Å²) in [5.74, 6) is 3.24. The molecule has 0 radical (unpaired) electrons. The zero-order valence-electron chi connectivity index (χ0n) is 16.8. The smallest absolute Gasteiger partial charge is 0.231 e. The summed E-state index contributed by atoms with van der Waals surface area (Å²) < 4.78 is 13.2. The van der Waals surface area contributed by atoms with Crippen molar-refractivity contribution in [2.45, 2.75) is 11.7 Å². The molecule has 5 rings (SSSR count). The summed E-state index contributed by atoms with van der Waals surface area (Å²) in [6.45, 7) is 0.925. The van der Waals surface area contributed by atoms with E-state index in [1.165, 1.54) is 5.56 Å². The molecule has 1 aliphatic rings. The predicted molar refractivity (Wildman–Crippen MR) is 123 cm³/mol. The van der Waals surface area contributed by atoms with Gasteiger partial charge in [-0.05, 0) is 23.3 Å². The van der Waals surface area contributed by atoms with E-state index in [1.54, 1.807) is 11.8 Å². The third-order valence-electron chi connectivity index (χ3n) is 4.95. The van der Waals surface area contributed by atoms with Crippen molar-refractivity contribution in [3.05, 3.63) is 96.1 Å². The van der Waals surface area contributed by atoms with E-state index >= 15 is 0 Å².